The minimum absolute atomic E-state index is 0.534. The average Bonchev–Trinajstić information content (AvgIpc) is 3.59. The zero-order chi connectivity index (χ0) is 33.3. The maximum atomic E-state index is 2.50. The number of anilines is 2. The molecule has 0 radical (unpaired) electrons. The van der Waals surface area contributed by atoms with Crippen molar-refractivity contribution in [3.63, 3.8) is 0 Å². The van der Waals surface area contributed by atoms with Gasteiger partial charge in [0.1, 0.15) is 0 Å². The average molecular weight is 666 g/mol. The van der Waals surface area contributed by atoms with E-state index in [2.05, 4.69) is 168 Å². The number of thiophene rings is 1. The highest BCUT2D eigenvalue weighted by Crippen LogP contribution is 2.47. The van der Waals surface area contributed by atoms with Crippen LogP contribution in [-0.4, -0.2) is 0 Å². The Hall–Kier alpha value is -4.92. The molecule has 0 saturated carbocycles. The van der Waals surface area contributed by atoms with E-state index in [4.69, 9.17) is 0 Å². The van der Waals surface area contributed by atoms with E-state index in [1.807, 2.05) is 0 Å². The molecule has 4 aliphatic carbocycles. The molecule has 0 fully saturated rings. The molecular weight excluding hydrogens is 623 g/mol. The summed E-state index contributed by atoms with van der Waals surface area (Å²) in [5.74, 6) is 1.12. The minimum Gasteiger partial charge on any atom is -0.315 e. The third kappa shape index (κ3) is 6.07. The molecular formula is C48H43NS. The second-order valence-electron chi connectivity index (χ2n) is 14.2. The van der Waals surface area contributed by atoms with Crippen LogP contribution >= 0.6 is 11.3 Å². The van der Waals surface area contributed by atoms with Gasteiger partial charge in [0.15, 0.2) is 0 Å². The number of fused-ring (bicyclic) bond motifs is 3. The van der Waals surface area contributed by atoms with Gasteiger partial charge in [-0.25, -0.2) is 0 Å². The number of nitrogens with zero attached hydrogens (tertiary/aromatic N) is 1. The lowest BCUT2D eigenvalue weighted by Gasteiger charge is -2.32. The second-order valence-corrected chi connectivity index (χ2v) is 15.3. The molecule has 2 atom stereocenters. The maximum absolute atomic E-state index is 2.50. The van der Waals surface area contributed by atoms with Gasteiger partial charge in [0.2, 0.25) is 0 Å². The van der Waals surface area contributed by atoms with Gasteiger partial charge in [-0.05, 0) is 121 Å². The Morgan fingerprint density at radius 1 is 0.580 bits per heavy atom. The van der Waals surface area contributed by atoms with Gasteiger partial charge >= 0.3 is 0 Å². The third-order valence-electron chi connectivity index (χ3n) is 11.2. The highest BCUT2D eigenvalue weighted by molar-refractivity contribution is 7.12. The molecule has 50 heavy (non-hydrogen) atoms. The summed E-state index contributed by atoms with van der Waals surface area (Å²) >= 11 is 2.08. The molecule has 2 heteroatoms. The van der Waals surface area contributed by atoms with Crippen LogP contribution in [0.4, 0.5) is 11.4 Å². The van der Waals surface area contributed by atoms with Crippen LogP contribution in [0.15, 0.2) is 151 Å². The normalized spacial score (nSPS) is 19.6. The van der Waals surface area contributed by atoms with Gasteiger partial charge in [-0.15, -0.1) is 11.3 Å². The van der Waals surface area contributed by atoms with E-state index in [1.54, 1.807) is 15.3 Å². The quantitative estimate of drug-likeness (QED) is 0.167. The van der Waals surface area contributed by atoms with Crippen LogP contribution in [0.3, 0.4) is 0 Å². The molecule has 0 bridgehead atoms. The molecule has 4 aromatic carbocycles. The minimum atomic E-state index is 0.534. The Balaban J connectivity index is 0.985. The summed E-state index contributed by atoms with van der Waals surface area (Å²) in [7, 11) is 0. The molecule has 1 heterocycles. The van der Waals surface area contributed by atoms with Crippen molar-refractivity contribution in [3.05, 3.63) is 183 Å². The second kappa shape index (κ2) is 13.8. The molecule has 2 unspecified atom stereocenters. The van der Waals surface area contributed by atoms with Crippen LogP contribution in [0.2, 0.25) is 0 Å². The largest absolute Gasteiger partial charge is 0.315 e. The predicted molar refractivity (Wildman–Crippen MR) is 215 cm³/mol. The fourth-order valence-electron chi connectivity index (χ4n) is 8.46. The van der Waals surface area contributed by atoms with Crippen LogP contribution in [0, 0.1) is 0 Å². The van der Waals surface area contributed by atoms with Crippen molar-refractivity contribution in [1.29, 1.82) is 0 Å². The Morgan fingerprint density at radius 3 is 1.98 bits per heavy atom. The lowest BCUT2D eigenvalue weighted by Crippen LogP contribution is -2.20. The van der Waals surface area contributed by atoms with E-state index in [1.165, 1.54) is 68.9 Å². The number of aryl methyl sites for hydroxylation is 1. The van der Waals surface area contributed by atoms with E-state index in [0.29, 0.717) is 11.8 Å². The van der Waals surface area contributed by atoms with Gasteiger partial charge in [-0.2, -0.15) is 0 Å². The fraction of sp³-hybridized carbons (Fsp3) is 0.208. The van der Waals surface area contributed by atoms with Gasteiger partial charge in [0.25, 0.3) is 0 Å². The van der Waals surface area contributed by atoms with Crippen molar-refractivity contribution in [3.8, 4) is 11.1 Å². The molecule has 4 aliphatic rings. The Labute approximate surface area is 301 Å². The standard InChI is InChI=1S/C48H43NS/c1-3-10-34(11-4-1)37-22-28-41(29-23-37)49(42-30-24-38(25-31-42)35-12-5-2-6-13-35)43-32-26-39(27-33-43)36-18-20-40(21-19-36)44-15-9-16-46-45-14-7-8-17-47(45)50-48(44)46/h1-7,9-14,16,18,20,22-23,26-30,32-33,38,44H,8,15,17,19,21,24-25,31H2. The summed E-state index contributed by atoms with van der Waals surface area (Å²) in [6, 6.07) is 40.2. The molecule has 1 aromatic heterocycles. The zero-order valence-corrected chi connectivity index (χ0v) is 29.4. The van der Waals surface area contributed by atoms with Crippen molar-refractivity contribution in [2.45, 2.75) is 63.2 Å². The van der Waals surface area contributed by atoms with Crippen molar-refractivity contribution >= 4 is 40.4 Å². The number of benzene rings is 4. The topological polar surface area (TPSA) is 3.24 Å². The predicted octanol–water partition coefficient (Wildman–Crippen LogP) is 13.7. The van der Waals surface area contributed by atoms with E-state index >= 15 is 0 Å². The van der Waals surface area contributed by atoms with Crippen LogP contribution in [0.5, 0.6) is 0 Å². The van der Waals surface area contributed by atoms with Crippen molar-refractivity contribution in [2.24, 2.45) is 0 Å². The van der Waals surface area contributed by atoms with E-state index in [0.717, 1.165) is 38.5 Å². The number of hydrogen-bond donors (Lipinski definition) is 0. The van der Waals surface area contributed by atoms with E-state index < -0.39 is 0 Å². The molecule has 5 aromatic rings. The molecule has 0 aliphatic heterocycles. The zero-order valence-electron chi connectivity index (χ0n) is 28.6. The molecule has 0 spiro atoms. The van der Waals surface area contributed by atoms with Gasteiger partial charge < -0.3 is 4.90 Å². The van der Waals surface area contributed by atoms with Crippen LogP contribution in [-0.2, 0) is 6.42 Å². The summed E-state index contributed by atoms with van der Waals surface area (Å²) in [5.41, 5.74) is 15.2. The van der Waals surface area contributed by atoms with E-state index in [-0.39, 0.29) is 0 Å². The maximum Gasteiger partial charge on any atom is 0.0458 e. The van der Waals surface area contributed by atoms with Crippen LogP contribution < -0.4 is 4.90 Å². The SMILES string of the molecule is C1=Cc2c(sc3c2C=CCC3C2=CC=C(c3ccc(N(C4=CCC(c5ccccc5)CC4)c4ccc(-c5ccccc5)cc4)cc3)CC2)CC1. The fourth-order valence-corrected chi connectivity index (χ4v) is 9.91. The third-order valence-corrected chi connectivity index (χ3v) is 12.6. The Morgan fingerprint density at radius 2 is 1.28 bits per heavy atom. The highest BCUT2D eigenvalue weighted by Gasteiger charge is 2.28. The van der Waals surface area contributed by atoms with Crippen molar-refractivity contribution < 1.29 is 0 Å². The number of hydrogen-bond acceptors (Lipinski definition) is 2. The monoisotopic (exact) mass is 665 g/mol. The lowest BCUT2D eigenvalue weighted by atomic mass is 9.81. The lowest BCUT2D eigenvalue weighted by molar-refractivity contribution is 0.593. The summed E-state index contributed by atoms with van der Waals surface area (Å²) < 4.78 is 0. The first kappa shape index (κ1) is 31.1. The summed E-state index contributed by atoms with van der Waals surface area (Å²) in [6.45, 7) is 0. The summed E-state index contributed by atoms with van der Waals surface area (Å²) in [6.07, 6.45) is 25.9. The Kier molecular flexibility index (Phi) is 8.56. The van der Waals surface area contributed by atoms with Crippen molar-refractivity contribution in [1.82, 2.24) is 0 Å². The first-order chi connectivity index (χ1) is 24.8. The molecule has 9 rings (SSSR count). The summed E-state index contributed by atoms with van der Waals surface area (Å²) in [5, 5.41) is 0. The molecule has 0 amide bonds. The first-order valence-corrected chi connectivity index (χ1v) is 19.3. The smallest absolute Gasteiger partial charge is 0.0458 e. The molecule has 0 N–H and O–H groups in total. The van der Waals surface area contributed by atoms with Crippen molar-refractivity contribution in [2.75, 3.05) is 4.90 Å². The molecule has 1 nitrogen and oxygen atoms in total. The summed E-state index contributed by atoms with van der Waals surface area (Å²) in [4.78, 5) is 5.68. The van der Waals surface area contributed by atoms with Crippen LogP contribution in [0.25, 0.3) is 28.9 Å². The molecule has 0 saturated heterocycles. The van der Waals surface area contributed by atoms with E-state index in [9.17, 15) is 0 Å². The Bertz CT molecular complexity index is 2140. The van der Waals surface area contributed by atoms with Gasteiger partial charge in [0, 0.05) is 32.7 Å². The van der Waals surface area contributed by atoms with Gasteiger partial charge in [0.05, 0.1) is 0 Å². The number of allylic oxidation sites excluding steroid dienone is 8. The number of rotatable bonds is 7. The van der Waals surface area contributed by atoms with Gasteiger partial charge in [-0.3, -0.25) is 0 Å². The highest BCUT2D eigenvalue weighted by atomic mass is 32.1. The first-order valence-electron chi connectivity index (χ1n) is 18.5. The molecule has 246 valence electrons. The van der Waals surface area contributed by atoms with Gasteiger partial charge in [-0.1, -0.05) is 133 Å². The van der Waals surface area contributed by atoms with Crippen LogP contribution in [0.1, 0.15) is 88.8 Å².